The van der Waals surface area contributed by atoms with Crippen LogP contribution >= 0.6 is 0 Å². The largest absolute Gasteiger partial charge is 0.318 e. The van der Waals surface area contributed by atoms with Gasteiger partial charge in [0.1, 0.15) is 0 Å². The lowest BCUT2D eigenvalue weighted by Gasteiger charge is -2.43. The van der Waals surface area contributed by atoms with E-state index in [2.05, 4.69) is 10.2 Å². The third-order valence-electron chi connectivity index (χ3n) is 4.11. The molecule has 0 N–H and O–H groups in total. The van der Waals surface area contributed by atoms with E-state index in [0.717, 1.165) is 6.42 Å². The number of carbonyl (C=O) groups is 3. The summed E-state index contributed by atoms with van der Waals surface area (Å²) in [5, 5.41) is 7.36. The van der Waals surface area contributed by atoms with Gasteiger partial charge in [-0.05, 0) is 19.3 Å². The zero-order valence-electron chi connectivity index (χ0n) is 11.2. The van der Waals surface area contributed by atoms with Gasteiger partial charge in [0.25, 0.3) is 5.91 Å². The Hall–Kier alpha value is -2.11. The average molecular weight is 273 g/mol. The van der Waals surface area contributed by atoms with Crippen LogP contribution in [0.2, 0.25) is 0 Å². The second-order valence-electron chi connectivity index (χ2n) is 5.18. The number of ketones is 2. The number of rotatable bonds is 2. The van der Waals surface area contributed by atoms with E-state index in [-0.39, 0.29) is 23.0 Å². The lowest BCUT2D eigenvalue weighted by Crippen LogP contribution is -2.58. The highest BCUT2D eigenvalue weighted by molar-refractivity contribution is 6.16. The third-order valence-corrected chi connectivity index (χ3v) is 4.11. The highest BCUT2D eigenvalue weighted by Gasteiger charge is 2.46. The summed E-state index contributed by atoms with van der Waals surface area (Å²) in [5.74, 6) is -0.379. The predicted octanol–water partition coefficient (Wildman–Crippen LogP) is 1.02. The first-order valence-corrected chi connectivity index (χ1v) is 6.85. The van der Waals surface area contributed by atoms with Gasteiger partial charge in [0.05, 0.1) is 35.6 Å². The minimum atomic E-state index is -0.520. The molecule has 3 rings (SSSR count). The maximum Gasteiger partial charge on any atom is 0.257 e. The van der Waals surface area contributed by atoms with E-state index >= 15 is 0 Å². The smallest absolute Gasteiger partial charge is 0.257 e. The SMILES string of the molecule is CCC(=O)C1CCCC2C(=O)c3cnncc3C(=O)N12. The van der Waals surface area contributed by atoms with Gasteiger partial charge in [0.15, 0.2) is 11.6 Å². The normalized spacial score (nSPS) is 25.1. The number of Topliss-reactive ketones (excluding diaryl/α,β-unsaturated/α-hetero) is 2. The van der Waals surface area contributed by atoms with Crippen molar-refractivity contribution in [2.24, 2.45) is 0 Å². The molecule has 0 spiro atoms. The number of hydrogen-bond donors (Lipinski definition) is 0. The molecular formula is C14H15N3O3. The molecule has 2 aliphatic rings. The minimum absolute atomic E-state index is 0.0151. The van der Waals surface area contributed by atoms with Crippen molar-refractivity contribution in [3.05, 3.63) is 23.5 Å². The first-order valence-electron chi connectivity index (χ1n) is 6.85. The first-order chi connectivity index (χ1) is 9.65. The average Bonchev–Trinajstić information content (AvgIpc) is 2.51. The molecule has 6 heteroatoms. The molecule has 1 amide bonds. The Labute approximate surface area is 116 Å². The van der Waals surface area contributed by atoms with Crippen LogP contribution in [0.15, 0.2) is 12.4 Å². The molecule has 2 aliphatic heterocycles. The fraction of sp³-hybridized carbons (Fsp3) is 0.500. The Bertz CT molecular complexity index is 599. The lowest BCUT2D eigenvalue weighted by molar-refractivity contribution is -0.124. The summed E-state index contributed by atoms with van der Waals surface area (Å²) < 4.78 is 0. The van der Waals surface area contributed by atoms with Crippen molar-refractivity contribution in [2.45, 2.75) is 44.7 Å². The molecule has 104 valence electrons. The van der Waals surface area contributed by atoms with Gasteiger partial charge >= 0.3 is 0 Å². The molecule has 1 aromatic heterocycles. The van der Waals surface area contributed by atoms with E-state index in [4.69, 9.17) is 0 Å². The van der Waals surface area contributed by atoms with Gasteiger partial charge in [0, 0.05) is 6.42 Å². The molecule has 0 aromatic carbocycles. The molecule has 6 nitrogen and oxygen atoms in total. The van der Waals surface area contributed by atoms with Gasteiger partial charge in [-0.1, -0.05) is 6.92 Å². The Morgan fingerprint density at radius 2 is 1.95 bits per heavy atom. The van der Waals surface area contributed by atoms with E-state index in [0.29, 0.717) is 24.8 Å². The molecule has 2 atom stereocenters. The lowest BCUT2D eigenvalue weighted by atomic mass is 9.84. The summed E-state index contributed by atoms with van der Waals surface area (Å²) in [6, 6.07) is -0.995. The van der Waals surface area contributed by atoms with Crippen molar-refractivity contribution < 1.29 is 14.4 Å². The molecule has 1 fully saturated rings. The van der Waals surface area contributed by atoms with Crippen LogP contribution in [-0.4, -0.2) is 44.7 Å². The van der Waals surface area contributed by atoms with E-state index in [1.807, 2.05) is 0 Å². The second kappa shape index (κ2) is 4.77. The Kier molecular flexibility index (Phi) is 3.08. The number of hydrogen-bond acceptors (Lipinski definition) is 5. The summed E-state index contributed by atoms with van der Waals surface area (Å²) in [6.45, 7) is 1.78. The fourth-order valence-corrected chi connectivity index (χ4v) is 3.10. The summed E-state index contributed by atoms with van der Waals surface area (Å²) in [7, 11) is 0. The minimum Gasteiger partial charge on any atom is -0.318 e. The quantitative estimate of drug-likeness (QED) is 0.803. The maximum atomic E-state index is 12.6. The van der Waals surface area contributed by atoms with Crippen LogP contribution in [0.3, 0.4) is 0 Å². The molecule has 0 bridgehead atoms. The number of piperidine rings is 1. The van der Waals surface area contributed by atoms with Crippen molar-refractivity contribution in [1.82, 2.24) is 15.1 Å². The maximum absolute atomic E-state index is 12.6. The molecule has 3 heterocycles. The number of fused-ring (bicyclic) bond motifs is 2. The van der Waals surface area contributed by atoms with Crippen molar-refractivity contribution in [2.75, 3.05) is 0 Å². The Morgan fingerprint density at radius 3 is 2.65 bits per heavy atom. The number of aromatic nitrogens is 2. The Morgan fingerprint density at radius 1 is 1.25 bits per heavy atom. The number of amides is 1. The zero-order valence-corrected chi connectivity index (χ0v) is 11.2. The highest BCUT2D eigenvalue weighted by atomic mass is 16.2. The fourth-order valence-electron chi connectivity index (χ4n) is 3.10. The van der Waals surface area contributed by atoms with Crippen LogP contribution in [0.5, 0.6) is 0 Å². The summed E-state index contributed by atoms with van der Waals surface area (Å²) in [6.07, 6.45) is 5.06. The van der Waals surface area contributed by atoms with Crippen LogP contribution < -0.4 is 0 Å². The molecule has 0 saturated carbocycles. The van der Waals surface area contributed by atoms with Gasteiger partial charge in [-0.25, -0.2) is 0 Å². The standard InChI is InChI=1S/C14H15N3O3/c1-2-12(18)10-4-3-5-11-13(19)8-6-15-16-7-9(8)14(20)17(10)11/h6-7,10-11H,2-5H2,1H3. The molecule has 0 radical (unpaired) electrons. The molecule has 20 heavy (non-hydrogen) atoms. The number of carbonyl (C=O) groups excluding carboxylic acids is 3. The number of nitrogens with zero attached hydrogens (tertiary/aromatic N) is 3. The Balaban J connectivity index is 2.07. The zero-order chi connectivity index (χ0) is 14.3. The van der Waals surface area contributed by atoms with Crippen LogP contribution in [-0.2, 0) is 4.79 Å². The topological polar surface area (TPSA) is 80.2 Å². The highest BCUT2D eigenvalue weighted by Crippen LogP contribution is 2.32. The van der Waals surface area contributed by atoms with E-state index in [9.17, 15) is 14.4 Å². The molecule has 1 aromatic rings. The van der Waals surface area contributed by atoms with Crippen molar-refractivity contribution >= 4 is 17.5 Å². The van der Waals surface area contributed by atoms with Gasteiger partial charge in [-0.2, -0.15) is 10.2 Å². The van der Waals surface area contributed by atoms with E-state index in [1.165, 1.54) is 17.3 Å². The van der Waals surface area contributed by atoms with Gasteiger partial charge in [-0.15, -0.1) is 0 Å². The van der Waals surface area contributed by atoms with Crippen LogP contribution in [0.25, 0.3) is 0 Å². The molecular weight excluding hydrogens is 258 g/mol. The third kappa shape index (κ3) is 1.75. The molecule has 1 saturated heterocycles. The second-order valence-corrected chi connectivity index (χ2v) is 5.18. The van der Waals surface area contributed by atoms with E-state index in [1.54, 1.807) is 6.92 Å². The van der Waals surface area contributed by atoms with Crippen molar-refractivity contribution in [3.8, 4) is 0 Å². The van der Waals surface area contributed by atoms with E-state index < -0.39 is 12.1 Å². The van der Waals surface area contributed by atoms with Crippen molar-refractivity contribution in [1.29, 1.82) is 0 Å². The van der Waals surface area contributed by atoms with Gasteiger partial charge in [-0.3, -0.25) is 14.4 Å². The monoisotopic (exact) mass is 273 g/mol. The summed E-state index contributed by atoms with van der Waals surface area (Å²) in [5.41, 5.74) is 0.591. The van der Waals surface area contributed by atoms with Crippen molar-refractivity contribution in [3.63, 3.8) is 0 Å². The van der Waals surface area contributed by atoms with Crippen LogP contribution in [0.1, 0.15) is 53.3 Å². The van der Waals surface area contributed by atoms with Gasteiger partial charge < -0.3 is 4.90 Å². The summed E-state index contributed by atoms with van der Waals surface area (Å²) in [4.78, 5) is 38.6. The molecule has 2 unspecified atom stereocenters. The summed E-state index contributed by atoms with van der Waals surface area (Å²) >= 11 is 0. The molecule has 0 aliphatic carbocycles. The first kappa shape index (κ1) is 12.9. The van der Waals surface area contributed by atoms with Crippen LogP contribution in [0.4, 0.5) is 0 Å². The van der Waals surface area contributed by atoms with Crippen LogP contribution in [0, 0.1) is 0 Å². The van der Waals surface area contributed by atoms with Gasteiger partial charge in [0.2, 0.25) is 0 Å². The predicted molar refractivity (Wildman–Crippen MR) is 69.3 cm³/mol.